The molecule has 1 aliphatic heterocycles. The largest absolute Gasteiger partial charge is 0.496 e. The van der Waals surface area contributed by atoms with E-state index in [1.165, 1.54) is 30.6 Å². The molecule has 0 atom stereocenters. The van der Waals surface area contributed by atoms with Crippen molar-refractivity contribution in [3.63, 3.8) is 0 Å². The molecule has 2 heterocycles. The third-order valence-electron chi connectivity index (χ3n) is 5.78. The zero-order valence-electron chi connectivity index (χ0n) is 20.9. The molecule has 0 aliphatic carbocycles. The highest BCUT2D eigenvalue weighted by Crippen LogP contribution is 2.10. The third kappa shape index (κ3) is 5.96. The summed E-state index contributed by atoms with van der Waals surface area (Å²) in [5.41, 5.74) is 7.35. The Morgan fingerprint density at radius 3 is 2.32 bits per heavy atom. The van der Waals surface area contributed by atoms with Crippen LogP contribution in [0, 0.1) is 0 Å². The molecule has 1 fully saturated rings. The number of piperazine rings is 1. The summed E-state index contributed by atoms with van der Waals surface area (Å²) in [6.07, 6.45) is 4.04. The van der Waals surface area contributed by atoms with Crippen molar-refractivity contribution in [2.75, 3.05) is 33.3 Å². The number of carbonyl (C=O) groups excluding carboxylic acids is 3. The number of carbonyl (C=O) groups is 3. The SMILES string of the molecule is C=C/C(OC)=c1/c(C(=O)C(=O)N2CCN(C(=O)c3ccccc3)CC2)c[nH]/c1=C(/N)N(N)C=NC(=C)C. The van der Waals surface area contributed by atoms with Gasteiger partial charge in [-0.15, -0.1) is 0 Å². The average molecular weight is 506 g/mol. The Labute approximate surface area is 214 Å². The normalized spacial score (nSPS) is 15.2. The van der Waals surface area contributed by atoms with Gasteiger partial charge in [0.2, 0.25) is 0 Å². The number of aromatic nitrogens is 1. The van der Waals surface area contributed by atoms with Crippen molar-refractivity contribution < 1.29 is 19.1 Å². The minimum Gasteiger partial charge on any atom is -0.496 e. The molecule has 1 saturated heterocycles. The van der Waals surface area contributed by atoms with Crippen LogP contribution in [-0.2, 0) is 9.53 Å². The molecule has 3 rings (SSSR count). The number of benzene rings is 1. The number of hydrogen-bond acceptors (Lipinski definition) is 7. The Morgan fingerprint density at radius 2 is 1.76 bits per heavy atom. The summed E-state index contributed by atoms with van der Waals surface area (Å²) in [5, 5.41) is 1.55. The van der Waals surface area contributed by atoms with E-state index in [1.54, 1.807) is 36.1 Å². The Hall–Kier alpha value is -4.64. The van der Waals surface area contributed by atoms with Crippen LogP contribution in [0.25, 0.3) is 11.6 Å². The number of methoxy groups -OCH3 is 1. The number of aromatic amines is 1. The molecule has 0 saturated carbocycles. The van der Waals surface area contributed by atoms with E-state index in [1.807, 2.05) is 6.07 Å². The lowest BCUT2D eigenvalue weighted by atomic mass is 10.1. The Balaban J connectivity index is 1.88. The number of nitrogens with one attached hydrogen (secondary N) is 1. The first-order chi connectivity index (χ1) is 17.7. The van der Waals surface area contributed by atoms with Crippen LogP contribution in [0.1, 0.15) is 27.6 Å². The van der Waals surface area contributed by atoms with Gasteiger partial charge >= 0.3 is 0 Å². The first-order valence-electron chi connectivity index (χ1n) is 11.5. The number of ether oxygens (including phenoxy) is 1. The van der Waals surface area contributed by atoms with E-state index in [0.29, 0.717) is 24.4 Å². The molecule has 1 aromatic carbocycles. The van der Waals surface area contributed by atoms with E-state index in [2.05, 4.69) is 23.1 Å². The molecule has 11 heteroatoms. The molecule has 194 valence electrons. The van der Waals surface area contributed by atoms with Gasteiger partial charge in [0.25, 0.3) is 17.6 Å². The van der Waals surface area contributed by atoms with Gasteiger partial charge in [-0.1, -0.05) is 31.4 Å². The van der Waals surface area contributed by atoms with Gasteiger partial charge in [0.05, 0.1) is 23.2 Å². The Kier molecular flexibility index (Phi) is 8.64. The maximum Gasteiger partial charge on any atom is 0.295 e. The van der Waals surface area contributed by atoms with E-state index in [-0.39, 0.29) is 46.7 Å². The molecule has 0 spiro atoms. The predicted molar refractivity (Wildman–Crippen MR) is 141 cm³/mol. The summed E-state index contributed by atoms with van der Waals surface area (Å²) < 4.78 is 5.39. The lowest BCUT2D eigenvalue weighted by Gasteiger charge is -2.34. The molecule has 11 nitrogen and oxygen atoms in total. The van der Waals surface area contributed by atoms with Crippen LogP contribution >= 0.6 is 0 Å². The molecule has 5 N–H and O–H groups in total. The van der Waals surface area contributed by atoms with E-state index >= 15 is 0 Å². The monoisotopic (exact) mass is 505 g/mol. The van der Waals surface area contributed by atoms with Gasteiger partial charge in [-0.3, -0.25) is 19.4 Å². The van der Waals surface area contributed by atoms with Crippen molar-refractivity contribution >= 4 is 35.5 Å². The number of rotatable bonds is 8. The molecule has 37 heavy (non-hydrogen) atoms. The predicted octanol–water partition coefficient (Wildman–Crippen LogP) is -0.115. The second-order valence-electron chi connectivity index (χ2n) is 8.28. The number of nitrogens with two attached hydrogens (primary N) is 2. The van der Waals surface area contributed by atoms with Crippen molar-refractivity contribution in [1.82, 2.24) is 19.8 Å². The number of Topliss-reactive ketones (excluding diaryl/α,β-unsaturated/α-hetero) is 1. The summed E-state index contributed by atoms with van der Waals surface area (Å²) in [6, 6.07) is 8.92. The maximum atomic E-state index is 13.3. The zero-order valence-corrected chi connectivity index (χ0v) is 20.9. The second-order valence-corrected chi connectivity index (χ2v) is 8.28. The summed E-state index contributed by atoms with van der Waals surface area (Å²) in [5.74, 6) is 4.65. The Bertz CT molecular complexity index is 1350. The summed E-state index contributed by atoms with van der Waals surface area (Å²) in [6.45, 7) is 10.1. The van der Waals surface area contributed by atoms with E-state index in [0.717, 1.165) is 5.01 Å². The third-order valence-corrected chi connectivity index (χ3v) is 5.78. The standard InChI is InChI=1S/C26H31N7O4/c1-5-20(37-4)21-19(15-29-22(21)24(27)33(28)16-30-17(2)3)23(34)26(36)32-13-11-31(12-14-32)25(35)18-9-7-6-8-10-18/h5-10,15-16,29H,1-2,11-14,27-28H2,3-4H3/b21-20+,24-22-,30-16?. The molecule has 0 radical (unpaired) electrons. The molecule has 2 amide bonds. The first-order valence-corrected chi connectivity index (χ1v) is 11.5. The van der Waals surface area contributed by atoms with Gasteiger partial charge in [0, 0.05) is 43.6 Å². The maximum absolute atomic E-state index is 13.3. The van der Waals surface area contributed by atoms with Crippen molar-refractivity contribution in [2.45, 2.75) is 6.92 Å². The lowest BCUT2D eigenvalue weighted by Crippen LogP contribution is -2.52. The molecular formula is C26H31N7O4. The molecule has 1 aromatic heterocycles. The van der Waals surface area contributed by atoms with Crippen LogP contribution < -0.4 is 22.1 Å². The number of allylic oxidation sites excluding steroid dienone is 1. The fraction of sp³-hybridized carbons (Fsp3) is 0.231. The van der Waals surface area contributed by atoms with Gasteiger partial charge in [0.15, 0.2) is 0 Å². The number of hydrazine groups is 1. The van der Waals surface area contributed by atoms with Gasteiger partial charge in [-0.25, -0.2) is 10.8 Å². The highest BCUT2D eigenvalue weighted by atomic mass is 16.5. The summed E-state index contributed by atoms with van der Waals surface area (Å²) in [7, 11) is 1.41. The summed E-state index contributed by atoms with van der Waals surface area (Å²) >= 11 is 0. The summed E-state index contributed by atoms with van der Waals surface area (Å²) in [4.78, 5) is 49.2. The van der Waals surface area contributed by atoms with E-state index in [9.17, 15) is 14.4 Å². The number of amides is 2. The minimum atomic E-state index is -0.760. The number of ketones is 1. The van der Waals surface area contributed by atoms with E-state index < -0.39 is 11.7 Å². The van der Waals surface area contributed by atoms with Crippen LogP contribution in [0.15, 0.2) is 66.5 Å². The van der Waals surface area contributed by atoms with Crippen LogP contribution in [-0.4, -0.2) is 77.0 Å². The van der Waals surface area contributed by atoms with Crippen LogP contribution in [0.3, 0.4) is 0 Å². The molecule has 2 aromatic rings. The van der Waals surface area contributed by atoms with Crippen molar-refractivity contribution in [1.29, 1.82) is 0 Å². The number of hydrogen-bond donors (Lipinski definition) is 3. The molecular weight excluding hydrogens is 474 g/mol. The highest BCUT2D eigenvalue weighted by Gasteiger charge is 2.30. The number of nitrogens with zero attached hydrogens (tertiary/aromatic N) is 4. The molecule has 0 bridgehead atoms. The lowest BCUT2D eigenvalue weighted by molar-refractivity contribution is -0.127. The topological polar surface area (TPSA) is 150 Å². The average Bonchev–Trinajstić information content (AvgIpc) is 3.36. The van der Waals surface area contributed by atoms with Gasteiger partial charge in [-0.2, -0.15) is 0 Å². The highest BCUT2D eigenvalue weighted by molar-refractivity contribution is 6.42. The van der Waals surface area contributed by atoms with Crippen molar-refractivity contribution in [2.24, 2.45) is 16.6 Å². The molecule has 1 aliphatic rings. The molecule has 0 unspecified atom stereocenters. The van der Waals surface area contributed by atoms with Crippen molar-refractivity contribution in [3.05, 3.63) is 83.2 Å². The van der Waals surface area contributed by atoms with Gasteiger partial charge in [0.1, 0.15) is 17.9 Å². The smallest absolute Gasteiger partial charge is 0.295 e. The quantitative estimate of drug-likeness (QED) is 0.113. The number of aliphatic imine (C=N–C) groups is 1. The number of H-pyrrole nitrogens is 1. The second kappa shape index (κ2) is 11.9. The van der Waals surface area contributed by atoms with Crippen LogP contribution in [0.2, 0.25) is 0 Å². The fourth-order valence-corrected chi connectivity index (χ4v) is 3.83. The van der Waals surface area contributed by atoms with E-state index in [4.69, 9.17) is 16.3 Å². The van der Waals surface area contributed by atoms with Crippen LogP contribution in [0.4, 0.5) is 0 Å². The minimum absolute atomic E-state index is 0.0240. The zero-order chi connectivity index (χ0) is 27.1. The fourth-order valence-electron chi connectivity index (χ4n) is 3.83. The van der Waals surface area contributed by atoms with Gasteiger partial charge < -0.3 is 25.3 Å². The van der Waals surface area contributed by atoms with Crippen molar-refractivity contribution in [3.8, 4) is 0 Å². The first kappa shape index (κ1) is 27.0. The Morgan fingerprint density at radius 1 is 1.14 bits per heavy atom. The van der Waals surface area contributed by atoms with Gasteiger partial charge in [-0.05, 0) is 25.1 Å². The van der Waals surface area contributed by atoms with Crippen LogP contribution in [0.5, 0.6) is 0 Å².